The van der Waals surface area contributed by atoms with Crippen LogP contribution in [0.1, 0.15) is 56.6 Å². The lowest BCUT2D eigenvalue weighted by molar-refractivity contribution is 0.0937. The van der Waals surface area contributed by atoms with Gasteiger partial charge in [0.1, 0.15) is 0 Å². The van der Waals surface area contributed by atoms with E-state index in [2.05, 4.69) is 36.5 Å². The first-order valence-electron chi connectivity index (χ1n) is 8.75. The van der Waals surface area contributed by atoms with Gasteiger partial charge in [-0.3, -0.25) is 0 Å². The molecular formula is C19H29NO. The van der Waals surface area contributed by atoms with Gasteiger partial charge < -0.3 is 10.1 Å². The molecule has 1 fully saturated rings. The Bertz CT molecular complexity index is 453. The van der Waals surface area contributed by atoms with Crippen molar-refractivity contribution in [1.29, 1.82) is 0 Å². The zero-order chi connectivity index (χ0) is 14.5. The highest BCUT2D eigenvalue weighted by molar-refractivity contribution is 5.37. The van der Waals surface area contributed by atoms with Gasteiger partial charge in [0.05, 0.1) is 6.10 Å². The van der Waals surface area contributed by atoms with Crippen molar-refractivity contribution in [2.75, 3.05) is 19.7 Å². The molecule has 0 radical (unpaired) electrons. The molecule has 0 saturated carbocycles. The van der Waals surface area contributed by atoms with Gasteiger partial charge in [-0.1, -0.05) is 31.2 Å². The number of fused-ring (bicyclic) bond motifs is 1. The SMILES string of the molecule is CCNCC1(CCC2CCCO2)CCCc2ccccc21. The van der Waals surface area contributed by atoms with Crippen LogP contribution < -0.4 is 5.32 Å². The Hall–Kier alpha value is -0.860. The van der Waals surface area contributed by atoms with E-state index in [-0.39, 0.29) is 0 Å². The zero-order valence-corrected chi connectivity index (χ0v) is 13.4. The van der Waals surface area contributed by atoms with Crippen molar-refractivity contribution in [3.05, 3.63) is 35.4 Å². The van der Waals surface area contributed by atoms with Gasteiger partial charge in [-0.05, 0) is 62.6 Å². The van der Waals surface area contributed by atoms with E-state index in [0.717, 1.165) is 19.7 Å². The van der Waals surface area contributed by atoms with Crippen LogP contribution in [0.3, 0.4) is 0 Å². The maximum Gasteiger partial charge on any atom is 0.0576 e. The Kier molecular flexibility index (Phi) is 4.97. The monoisotopic (exact) mass is 287 g/mol. The Balaban J connectivity index is 1.79. The molecule has 1 aliphatic carbocycles. The third kappa shape index (κ3) is 3.32. The third-order valence-corrected chi connectivity index (χ3v) is 5.37. The number of nitrogens with one attached hydrogen (secondary N) is 1. The van der Waals surface area contributed by atoms with Crippen molar-refractivity contribution >= 4 is 0 Å². The molecule has 2 nitrogen and oxygen atoms in total. The molecule has 1 heterocycles. The summed E-state index contributed by atoms with van der Waals surface area (Å²) < 4.78 is 5.86. The van der Waals surface area contributed by atoms with Crippen LogP contribution in [0.5, 0.6) is 0 Å². The summed E-state index contributed by atoms with van der Waals surface area (Å²) in [5.41, 5.74) is 3.51. The summed E-state index contributed by atoms with van der Waals surface area (Å²) in [5, 5.41) is 3.63. The molecule has 3 rings (SSSR count). The van der Waals surface area contributed by atoms with E-state index < -0.39 is 0 Å². The normalized spacial score (nSPS) is 28.5. The molecule has 2 atom stereocenters. The minimum absolute atomic E-state index is 0.330. The first kappa shape index (κ1) is 15.1. The highest BCUT2D eigenvalue weighted by Gasteiger charge is 2.36. The second-order valence-electron chi connectivity index (χ2n) is 6.75. The third-order valence-electron chi connectivity index (χ3n) is 5.37. The molecule has 2 unspecified atom stereocenters. The molecule has 21 heavy (non-hydrogen) atoms. The predicted octanol–water partition coefficient (Wildman–Crippen LogP) is 3.83. The first-order valence-corrected chi connectivity index (χ1v) is 8.75. The highest BCUT2D eigenvalue weighted by atomic mass is 16.5. The summed E-state index contributed by atoms with van der Waals surface area (Å²) in [6.45, 7) is 5.36. The minimum atomic E-state index is 0.330. The fourth-order valence-corrected chi connectivity index (χ4v) is 4.21. The maximum atomic E-state index is 5.86. The summed E-state index contributed by atoms with van der Waals surface area (Å²) in [5.74, 6) is 0. The van der Waals surface area contributed by atoms with E-state index >= 15 is 0 Å². The van der Waals surface area contributed by atoms with Crippen LogP contribution in [0.25, 0.3) is 0 Å². The van der Waals surface area contributed by atoms with Crippen LogP contribution in [0, 0.1) is 0 Å². The fraction of sp³-hybridized carbons (Fsp3) is 0.684. The molecule has 2 heteroatoms. The lowest BCUT2D eigenvalue weighted by atomic mass is 9.67. The summed E-state index contributed by atoms with van der Waals surface area (Å²) in [7, 11) is 0. The van der Waals surface area contributed by atoms with Crippen LogP contribution in [0.2, 0.25) is 0 Å². The summed E-state index contributed by atoms with van der Waals surface area (Å²) in [4.78, 5) is 0. The second-order valence-corrected chi connectivity index (χ2v) is 6.75. The second kappa shape index (κ2) is 6.93. The Labute approximate surface area is 129 Å². The van der Waals surface area contributed by atoms with Crippen LogP contribution in [0.4, 0.5) is 0 Å². The molecule has 1 aromatic carbocycles. The maximum absolute atomic E-state index is 5.86. The predicted molar refractivity (Wildman–Crippen MR) is 87.8 cm³/mol. The summed E-state index contributed by atoms with van der Waals surface area (Å²) in [6, 6.07) is 9.13. The first-order chi connectivity index (χ1) is 10.3. The number of likely N-dealkylation sites (N-methyl/N-ethyl adjacent to an activating group) is 1. The average molecular weight is 287 g/mol. The van der Waals surface area contributed by atoms with Crippen molar-refractivity contribution in [2.45, 2.75) is 63.4 Å². The summed E-state index contributed by atoms with van der Waals surface area (Å²) in [6.07, 6.45) is 9.42. The molecule has 116 valence electrons. The van der Waals surface area contributed by atoms with Crippen LogP contribution >= 0.6 is 0 Å². The number of rotatable bonds is 6. The Morgan fingerprint density at radius 2 is 2.19 bits per heavy atom. The van der Waals surface area contributed by atoms with Crippen LogP contribution in [0.15, 0.2) is 24.3 Å². The molecule has 0 bridgehead atoms. The fourth-order valence-electron chi connectivity index (χ4n) is 4.21. The number of ether oxygens (including phenoxy) is 1. The largest absolute Gasteiger partial charge is 0.378 e. The zero-order valence-electron chi connectivity index (χ0n) is 13.4. The van der Waals surface area contributed by atoms with Crippen molar-refractivity contribution in [1.82, 2.24) is 5.32 Å². The topological polar surface area (TPSA) is 21.3 Å². The molecular weight excluding hydrogens is 258 g/mol. The minimum Gasteiger partial charge on any atom is -0.378 e. The van der Waals surface area contributed by atoms with E-state index in [0.29, 0.717) is 11.5 Å². The molecule has 2 aliphatic rings. The number of hydrogen-bond donors (Lipinski definition) is 1. The van der Waals surface area contributed by atoms with Crippen molar-refractivity contribution < 1.29 is 4.74 Å². The molecule has 1 N–H and O–H groups in total. The molecule has 0 amide bonds. The van der Waals surface area contributed by atoms with E-state index in [4.69, 9.17) is 4.74 Å². The van der Waals surface area contributed by atoms with Gasteiger partial charge in [-0.15, -0.1) is 0 Å². The number of aryl methyl sites for hydroxylation is 1. The van der Waals surface area contributed by atoms with Gasteiger partial charge in [0.2, 0.25) is 0 Å². The van der Waals surface area contributed by atoms with Gasteiger partial charge in [-0.2, -0.15) is 0 Å². The van der Waals surface area contributed by atoms with Crippen LogP contribution in [-0.2, 0) is 16.6 Å². The van der Waals surface area contributed by atoms with Crippen LogP contribution in [-0.4, -0.2) is 25.8 Å². The molecule has 1 aliphatic heterocycles. The standard InChI is InChI=1S/C19H29NO/c1-2-20-15-19(13-11-17-9-6-14-21-17)12-5-8-16-7-3-4-10-18(16)19/h3-4,7,10,17,20H,2,5-6,8-9,11-15H2,1H3. The van der Waals surface area contributed by atoms with E-state index in [9.17, 15) is 0 Å². The molecule has 0 spiro atoms. The van der Waals surface area contributed by atoms with Crippen molar-refractivity contribution in [2.24, 2.45) is 0 Å². The highest BCUT2D eigenvalue weighted by Crippen LogP contribution is 2.41. The van der Waals surface area contributed by atoms with Gasteiger partial charge in [0.25, 0.3) is 0 Å². The van der Waals surface area contributed by atoms with Crippen molar-refractivity contribution in [3.8, 4) is 0 Å². The van der Waals surface area contributed by atoms with Crippen molar-refractivity contribution in [3.63, 3.8) is 0 Å². The van der Waals surface area contributed by atoms with E-state index in [1.165, 1.54) is 44.9 Å². The number of benzene rings is 1. The van der Waals surface area contributed by atoms with E-state index in [1.54, 1.807) is 11.1 Å². The lowest BCUT2D eigenvalue weighted by Crippen LogP contribution is -2.41. The molecule has 1 saturated heterocycles. The Morgan fingerprint density at radius 3 is 3.00 bits per heavy atom. The molecule has 0 aromatic heterocycles. The van der Waals surface area contributed by atoms with Gasteiger partial charge in [0.15, 0.2) is 0 Å². The molecule has 1 aromatic rings. The lowest BCUT2D eigenvalue weighted by Gasteiger charge is -2.40. The van der Waals surface area contributed by atoms with Gasteiger partial charge in [0, 0.05) is 18.6 Å². The number of hydrogen-bond acceptors (Lipinski definition) is 2. The van der Waals surface area contributed by atoms with Gasteiger partial charge >= 0.3 is 0 Å². The summed E-state index contributed by atoms with van der Waals surface area (Å²) >= 11 is 0. The van der Waals surface area contributed by atoms with Gasteiger partial charge in [-0.25, -0.2) is 0 Å². The average Bonchev–Trinajstić information content (AvgIpc) is 3.05. The quantitative estimate of drug-likeness (QED) is 0.858. The Morgan fingerprint density at radius 1 is 1.29 bits per heavy atom. The smallest absolute Gasteiger partial charge is 0.0576 e. The van der Waals surface area contributed by atoms with E-state index in [1.807, 2.05) is 0 Å².